The van der Waals surface area contributed by atoms with Crippen LogP contribution in [0.3, 0.4) is 0 Å². The second-order valence-electron chi connectivity index (χ2n) is 2.92. The maximum absolute atomic E-state index is 9.24. The van der Waals surface area contributed by atoms with Gasteiger partial charge in [0.15, 0.2) is 0 Å². The van der Waals surface area contributed by atoms with E-state index in [4.69, 9.17) is 23.1 Å². The van der Waals surface area contributed by atoms with E-state index >= 15 is 0 Å². The standard InChI is InChI=1S/C8H12ClN3O/c1-4(13)7(11)6-2-5(10)3-12-8(6)9/h2-4,7,13H,10-11H2,1H3/t4-,7-/m1/s1. The zero-order chi connectivity index (χ0) is 10.0. The quantitative estimate of drug-likeness (QED) is 0.615. The Balaban J connectivity index is 3.05. The third kappa shape index (κ3) is 2.30. The van der Waals surface area contributed by atoms with Crippen LogP contribution in [0.1, 0.15) is 18.5 Å². The highest BCUT2D eigenvalue weighted by molar-refractivity contribution is 6.30. The van der Waals surface area contributed by atoms with Gasteiger partial charge in [-0.2, -0.15) is 0 Å². The first kappa shape index (κ1) is 10.2. The van der Waals surface area contributed by atoms with Gasteiger partial charge in [-0.05, 0) is 13.0 Å². The minimum Gasteiger partial charge on any atom is -0.397 e. The van der Waals surface area contributed by atoms with Crippen molar-refractivity contribution in [2.45, 2.75) is 19.1 Å². The number of nitrogen functional groups attached to an aromatic ring is 1. The van der Waals surface area contributed by atoms with E-state index in [9.17, 15) is 5.11 Å². The zero-order valence-corrected chi connectivity index (χ0v) is 7.99. The molecule has 13 heavy (non-hydrogen) atoms. The van der Waals surface area contributed by atoms with Gasteiger partial charge in [0.25, 0.3) is 0 Å². The van der Waals surface area contributed by atoms with Crippen LogP contribution in [-0.4, -0.2) is 16.2 Å². The summed E-state index contributed by atoms with van der Waals surface area (Å²) >= 11 is 5.78. The zero-order valence-electron chi connectivity index (χ0n) is 7.24. The third-order valence-electron chi connectivity index (χ3n) is 1.77. The van der Waals surface area contributed by atoms with Crippen LogP contribution < -0.4 is 11.5 Å². The second-order valence-corrected chi connectivity index (χ2v) is 3.27. The molecule has 0 spiro atoms. The molecule has 0 bridgehead atoms. The summed E-state index contributed by atoms with van der Waals surface area (Å²) in [6.45, 7) is 1.59. The summed E-state index contributed by atoms with van der Waals surface area (Å²) in [6, 6.07) is 1.07. The Morgan fingerprint density at radius 2 is 2.23 bits per heavy atom. The average Bonchev–Trinajstić information content (AvgIpc) is 2.08. The van der Waals surface area contributed by atoms with Gasteiger partial charge in [0.1, 0.15) is 5.15 Å². The van der Waals surface area contributed by atoms with Gasteiger partial charge in [0, 0.05) is 5.56 Å². The van der Waals surface area contributed by atoms with Crippen molar-refractivity contribution in [3.8, 4) is 0 Å². The summed E-state index contributed by atoms with van der Waals surface area (Å²) in [4.78, 5) is 3.83. The summed E-state index contributed by atoms with van der Waals surface area (Å²) in [5.41, 5.74) is 12.2. The molecular formula is C8H12ClN3O. The molecule has 5 heteroatoms. The van der Waals surface area contributed by atoms with E-state index in [-0.39, 0.29) is 5.15 Å². The van der Waals surface area contributed by atoms with Gasteiger partial charge in [0.05, 0.1) is 24.0 Å². The predicted octanol–water partition coefficient (Wildman–Crippen LogP) is 0.698. The van der Waals surface area contributed by atoms with Crippen LogP contribution in [0.15, 0.2) is 12.3 Å². The molecule has 5 N–H and O–H groups in total. The van der Waals surface area contributed by atoms with E-state index in [0.717, 1.165) is 0 Å². The first-order chi connectivity index (χ1) is 6.02. The third-order valence-corrected chi connectivity index (χ3v) is 2.08. The van der Waals surface area contributed by atoms with Crippen LogP contribution in [0.5, 0.6) is 0 Å². The van der Waals surface area contributed by atoms with E-state index in [1.165, 1.54) is 6.20 Å². The molecule has 0 saturated heterocycles. The van der Waals surface area contributed by atoms with Gasteiger partial charge in [-0.3, -0.25) is 0 Å². The van der Waals surface area contributed by atoms with Gasteiger partial charge in [-0.15, -0.1) is 0 Å². The van der Waals surface area contributed by atoms with Crippen LogP contribution in [0.25, 0.3) is 0 Å². The number of aliphatic hydroxyl groups is 1. The first-order valence-electron chi connectivity index (χ1n) is 3.87. The first-order valence-corrected chi connectivity index (χ1v) is 4.24. The van der Waals surface area contributed by atoms with Crippen molar-refractivity contribution in [3.05, 3.63) is 23.0 Å². The Morgan fingerprint density at radius 3 is 2.77 bits per heavy atom. The topological polar surface area (TPSA) is 85.2 Å². The van der Waals surface area contributed by atoms with E-state index < -0.39 is 12.1 Å². The number of halogens is 1. The summed E-state index contributed by atoms with van der Waals surface area (Å²) in [5.74, 6) is 0. The van der Waals surface area contributed by atoms with Gasteiger partial charge >= 0.3 is 0 Å². The number of aliphatic hydroxyl groups excluding tert-OH is 1. The second kappa shape index (κ2) is 3.91. The minimum absolute atomic E-state index is 0.280. The van der Waals surface area contributed by atoms with E-state index in [1.807, 2.05) is 0 Å². The molecule has 4 nitrogen and oxygen atoms in total. The van der Waals surface area contributed by atoms with Crippen molar-refractivity contribution in [1.82, 2.24) is 4.98 Å². The van der Waals surface area contributed by atoms with Gasteiger partial charge in [-0.1, -0.05) is 11.6 Å². The number of nitrogens with two attached hydrogens (primary N) is 2. The minimum atomic E-state index is -0.680. The summed E-state index contributed by atoms with van der Waals surface area (Å²) in [6.07, 6.45) is 0.765. The number of anilines is 1. The molecule has 1 heterocycles. The van der Waals surface area contributed by atoms with Crippen molar-refractivity contribution in [3.63, 3.8) is 0 Å². The fourth-order valence-corrected chi connectivity index (χ4v) is 1.21. The summed E-state index contributed by atoms with van der Waals surface area (Å²) < 4.78 is 0. The Kier molecular flexibility index (Phi) is 3.08. The molecule has 0 amide bonds. The Hall–Kier alpha value is -0.840. The lowest BCUT2D eigenvalue weighted by Gasteiger charge is -2.16. The van der Waals surface area contributed by atoms with Crippen molar-refractivity contribution >= 4 is 17.3 Å². The molecule has 2 atom stereocenters. The van der Waals surface area contributed by atoms with Crippen molar-refractivity contribution in [2.75, 3.05) is 5.73 Å². The van der Waals surface area contributed by atoms with Crippen LogP contribution in [0, 0.1) is 0 Å². The SMILES string of the molecule is C[C@@H](O)[C@@H](N)c1cc(N)cnc1Cl. The highest BCUT2D eigenvalue weighted by Gasteiger charge is 2.16. The Morgan fingerprint density at radius 1 is 1.62 bits per heavy atom. The van der Waals surface area contributed by atoms with Gasteiger partial charge in [-0.25, -0.2) is 4.98 Å². The van der Waals surface area contributed by atoms with Crippen LogP contribution >= 0.6 is 11.6 Å². The molecule has 0 aromatic carbocycles. The molecule has 1 aromatic rings. The highest BCUT2D eigenvalue weighted by Crippen LogP contribution is 2.23. The Labute approximate surface area is 81.5 Å². The summed E-state index contributed by atoms with van der Waals surface area (Å²) in [5, 5.41) is 9.52. The molecule has 0 aliphatic carbocycles. The molecule has 0 radical (unpaired) electrons. The number of hydrogen-bond donors (Lipinski definition) is 3. The summed E-state index contributed by atoms with van der Waals surface area (Å²) in [7, 11) is 0. The van der Waals surface area contributed by atoms with Crippen molar-refractivity contribution in [2.24, 2.45) is 5.73 Å². The monoisotopic (exact) mass is 201 g/mol. The molecule has 72 valence electrons. The predicted molar refractivity (Wildman–Crippen MR) is 52.3 cm³/mol. The lowest BCUT2D eigenvalue weighted by atomic mass is 10.1. The fourth-order valence-electron chi connectivity index (χ4n) is 0.976. The number of hydrogen-bond acceptors (Lipinski definition) is 4. The molecule has 0 saturated carbocycles. The average molecular weight is 202 g/mol. The van der Waals surface area contributed by atoms with Gasteiger partial charge < -0.3 is 16.6 Å². The van der Waals surface area contributed by atoms with Crippen molar-refractivity contribution < 1.29 is 5.11 Å². The smallest absolute Gasteiger partial charge is 0.134 e. The van der Waals surface area contributed by atoms with E-state index in [2.05, 4.69) is 4.98 Å². The maximum atomic E-state index is 9.24. The van der Waals surface area contributed by atoms with Crippen LogP contribution in [0.4, 0.5) is 5.69 Å². The fraction of sp³-hybridized carbons (Fsp3) is 0.375. The number of rotatable bonds is 2. The van der Waals surface area contributed by atoms with Crippen LogP contribution in [0.2, 0.25) is 5.15 Å². The Bertz CT molecular complexity index is 303. The maximum Gasteiger partial charge on any atom is 0.134 e. The van der Waals surface area contributed by atoms with E-state index in [0.29, 0.717) is 11.3 Å². The molecular weight excluding hydrogens is 190 g/mol. The lowest BCUT2D eigenvalue weighted by Crippen LogP contribution is -2.23. The molecule has 0 aliphatic rings. The molecule has 0 fully saturated rings. The molecule has 1 rings (SSSR count). The molecule has 0 unspecified atom stereocenters. The largest absolute Gasteiger partial charge is 0.397 e. The normalized spacial score (nSPS) is 15.4. The number of pyridine rings is 1. The van der Waals surface area contributed by atoms with Gasteiger partial charge in [0.2, 0.25) is 0 Å². The highest BCUT2D eigenvalue weighted by atomic mass is 35.5. The lowest BCUT2D eigenvalue weighted by molar-refractivity contribution is 0.164. The number of nitrogens with zero attached hydrogens (tertiary/aromatic N) is 1. The van der Waals surface area contributed by atoms with Crippen molar-refractivity contribution in [1.29, 1.82) is 0 Å². The van der Waals surface area contributed by atoms with Crippen LogP contribution in [-0.2, 0) is 0 Å². The van der Waals surface area contributed by atoms with E-state index in [1.54, 1.807) is 13.0 Å². The molecule has 1 aromatic heterocycles. The molecule has 0 aliphatic heterocycles. The number of aromatic nitrogens is 1.